The molecule has 0 spiro atoms. The molecule has 0 N–H and O–H groups in total. The molecular formula is C41H25N3S. The molecule has 0 aliphatic heterocycles. The summed E-state index contributed by atoms with van der Waals surface area (Å²) < 4.78 is 2.61. The number of benzene rings is 7. The van der Waals surface area contributed by atoms with E-state index in [2.05, 4.69) is 91.0 Å². The zero-order valence-electron chi connectivity index (χ0n) is 24.2. The zero-order chi connectivity index (χ0) is 29.7. The summed E-state index contributed by atoms with van der Waals surface area (Å²) in [4.78, 5) is 14.8. The van der Waals surface area contributed by atoms with Crippen molar-refractivity contribution in [3.05, 3.63) is 152 Å². The van der Waals surface area contributed by atoms with Crippen molar-refractivity contribution in [2.75, 3.05) is 0 Å². The monoisotopic (exact) mass is 591 g/mol. The number of rotatable bonds is 4. The van der Waals surface area contributed by atoms with Crippen LogP contribution < -0.4 is 0 Å². The average Bonchev–Trinajstić information content (AvgIpc) is 3.49. The molecule has 2 heterocycles. The van der Waals surface area contributed by atoms with Crippen LogP contribution in [-0.2, 0) is 0 Å². The highest BCUT2D eigenvalue weighted by molar-refractivity contribution is 7.26. The predicted octanol–water partition coefficient (Wildman–Crippen LogP) is 11.2. The van der Waals surface area contributed by atoms with Crippen LogP contribution in [0, 0.1) is 0 Å². The minimum atomic E-state index is 0.657. The smallest absolute Gasteiger partial charge is 0.164 e. The van der Waals surface area contributed by atoms with Gasteiger partial charge in [-0.1, -0.05) is 140 Å². The molecule has 2 aromatic heterocycles. The highest BCUT2D eigenvalue weighted by Gasteiger charge is 2.18. The molecule has 0 bridgehead atoms. The Morgan fingerprint density at radius 3 is 1.56 bits per heavy atom. The largest absolute Gasteiger partial charge is 0.208 e. The second-order valence-corrected chi connectivity index (χ2v) is 12.3. The van der Waals surface area contributed by atoms with Crippen LogP contribution >= 0.6 is 11.3 Å². The van der Waals surface area contributed by atoms with Crippen molar-refractivity contribution in [2.45, 2.75) is 0 Å². The van der Waals surface area contributed by atoms with Crippen LogP contribution in [0.4, 0.5) is 0 Å². The second kappa shape index (κ2) is 10.5. The molecule has 210 valence electrons. The Bertz CT molecular complexity index is 2460. The van der Waals surface area contributed by atoms with Gasteiger partial charge in [-0.05, 0) is 39.2 Å². The van der Waals surface area contributed by atoms with Gasteiger partial charge in [0.1, 0.15) is 0 Å². The van der Waals surface area contributed by atoms with Crippen molar-refractivity contribution in [2.24, 2.45) is 0 Å². The Morgan fingerprint density at radius 1 is 0.378 bits per heavy atom. The lowest BCUT2D eigenvalue weighted by Crippen LogP contribution is -2.00. The van der Waals surface area contributed by atoms with Crippen molar-refractivity contribution in [3.8, 4) is 45.3 Å². The molecule has 0 saturated heterocycles. The van der Waals surface area contributed by atoms with Gasteiger partial charge in [-0.2, -0.15) is 0 Å². The fourth-order valence-corrected chi connectivity index (χ4v) is 7.61. The lowest BCUT2D eigenvalue weighted by Gasteiger charge is -2.13. The van der Waals surface area contributed by atoms with Crippen molar-refractivity contribution in [1.29, 1.82) is 0 Å². The van der Waals surface area contributed by atoms with Gasteiger partial charge in [0.2, 0.25) is 0 Å². The lowest BCUT2D eigenvalue weighted by atomic mass is 9.91. The fraction of sp³-hybridized carbons (Fsp3) is 0. The molecule has 0 saturated carbocycles. The van der Waals surface area contributed by atoms with Crippen molar-refractivity contribution in [1.82, 2.24) is 15.0 Å². The standard InChI is InChI=1S/C41H25N3S/c1-3-12-28(13-4-1)39-42-40(29-14-5-2-6-15-29)44-41(43-39)30-22-20-27(21-23-30)37-36-31(24-19-26-11-7-8-16-32(26)36)25-34-33-17-9-10-18-35(33)45-38(34)37/h1-25H. The van der Waals surface area contributed by atoms with E-state index in [1.165, 1.54) is 52.8 Å². The zero-order valence-corrected chi connectivity index (χ0v) is 25.0. The Kier molecular flexibility index (Phi) is 6.00. The first-order valence-electron chi connectivity index (χ1n) is 15.0. The van der Waals surface area contributed by atoms with Gasteiger partial charge in [-0.25, -0.2) is 15.0 Å². The summed E-state index contributed by atoms with van der Waals surface area (Å²) in [5.41, 5.74) is 5.33. The van der Waals surface area contributed by atoms with Crippen LogP contribution in [0.5, 0.6) is 0 Å². The summed E-state index contributed by atoms with van der Waals surface area (Å²) in [6.45, 7) is 0. The molecule has 4 heteroatoms. The van der Waals surface area contributed by atoms with E-state index in [1.54, 1.807) is 0 Å². The molecule has 0 atom stereocenters. The van der Waals surface area contributed by atoms with Crippen molar-refractivity contribution < 1.29 is 0 Å². The third-order valence-corrected chi connectivity index (χ3v) is 9.71. The van der Waals surface area contributed by atoms with E-state index >= 15 is 0 Å². The van der Waals surface area contributed by atoms with E-state index < -0.39 is 0 Å². The van der Waals surface area contributed by atoms with Gasteiger partial charge in [-0.3, -0.25) is 0 Å². The number of fused-ring (bicyclic) bond motifs is 6. The summed E-state index contributed by atoms with van der Waals surface area (Å²) in [6.07, 6.45) is 0. The lowest BCUT2D eigenvalue weighted by molar-refractivity contribution is 1.07. The maximum atomic E-state index is 4.95. The third-order valence-electron chi connectivity index (χ3n) is 8.50. The van der Waals surface area contributed by atoms with Crippen LogP contribution in [0.3, 0.4) is 0 Å². The number of nitrogens with zero attached hydrogens (tertiary/aromatic N) is 3. The molecule has 9 aromatic rings. The van der Waals surface area contributed by atoms with Gasteiger partial charge in [0.25, 0.3) is 0 Å². The number of aromatic nitrogens is 3. The highest BCUT2D eigenvalue weighted by atomic mass is 32.1. The van der Waals surface area contributed by atoms with Crippen LogP contribution in [0.15, 0.2) is 152 Å². The van der Waals surface area contributed by atoms with Gasteiger partial charge in [0.15, 0.2) is 17.5 Å². The SMILES string of the molecule is c1ccc(-c2nc(-c3ccccc3)nc(-c3ccc(-c4c5sc6ccccc6c5cc5ccc6ccccc6c45)cc3)n2)cc1. The predicted molar refractivity (Wildman–Crippen MR) is 189 cm³/mol. The van der Waals surface area contributed by atoms with Gasteiger partial charge in [-0.15, -0.1) is 11.3 Å². The number of thiophene rings is 1. The fourth-order valence-electron chi connectivity index (χ4n) is 6.35. The molecule has 45 heavy (non-hydrogen) atoms. The molecule has 0 unspecified atom stereocenters. The van der Waals surface area contributed by atoms with Gasteiger partial charge >= 0.3 is 0 Å². The molecule has 0 aliphatic carbocycles. The molecule has 7 aromatic carbocycles. The summed E-state index contributed by atoms with van der Waals surface area (Å²) in [6, 6.07) is 53.3. The quantitative estimate of drug-likeness (QED) is 0.191. The molecule has 0 fully saturated rings. The highest BCUT2D eigenvalue weighted by Crippen LogP contribution is 2.46. The van der Waals surface area contributed by atoms with E-state index in [1.807, 2.05) is 72.0 Å². The maximum Gasteiger partial charge on any atom is 0.164 e. The Morgan fingerprint density at radius 2 is 0.889 bits per heavy atom. The summed E-state index contributed by atoms with van der Waals surface area (Å²) >= 11 is 1.87. The maximum absolute atomic E-state index is 4.95. The van der Waals surface area contributed by atoms with Crippen LogP contribution in [-0.4, -0.2) is 15.0 Å². The second-order valence-electron chi connectivity index (χ2n) is 11.2. The molecular weight excluding hydrogens is 567 g/mol. The topological polar surface area (TPSA) is 38.7 Å². The molecule has 0 aliphatic rings. The van der Waals surface area contributed by atoms with E-state index in [9.17, 15) is 0 Å². The van der Waals surface area contributed by atoms with E-state index in [0.29, 0.717) is 17.5 Å². The number of hydrogen-bond donors (Lipinski definition) is 0. The average molecular weight is 592 g/mol. The minimum Gasteiger partial charge on any atom is -0.208 e. The first-order chi connectivity index (χ1) is 22.3. The molecule has 3 nitrogen and oxygen atoms in total. The van der Waals surface area contributed by atoms with Crippen molar-refractivity contribution in [3.63, 3.8) is 0 Å². The van der Waals surface area contributed by atoms with Crippen LogP contribution in [0.1, 0.15) is 0 Å². The van der Waals surface area contributed by atoms with Crippen molar-refractivity contribution >= 4 is 53.1 Å². The Hall–Kier alpha value is -5.71. The van der Waals surface area contributed by atoms with Gasteiger partial charge < -0.3 is 0 Å². The minimum absolute atomic E-state index is 0.657. The van der Waals surface area contributed by atoms with Gasteiger partial charge in [0, 0.05) is 42.4 Å². The Balaban J connectivity index is 1.26. The summed E-state index contributed by atoms with van der Waals surface area (Å²) in [5, 5.41) is 7.66. The first-order valence-corrected chi connectivity index (χ1v) is 15.9. The molecule has 0 amide bonds. The summed E-state index contributed by atoms with van der Waals surface area (Å²) in [5.74, 6) is 1.98. The molecule has 9 rings (SSSR count). The normalized spacial score (nSPS) is 11.6. The number of hydrogen-bond acceptors (Lipinski definition) is 4. The van der Waals surface area contributed by atoms with Crippen LogP contribution in [0.25, 0.3) is 87.0 Å². The van der Waals surface area contributed by atoms with E-state index in [0.717, 1.165) is 16.7 Å². The van der Waals surface area contributed by atoms with Crippen LogP contribution in [0.2, 0.25) is 0 Å². The molecule has 0 radical (unpaired) electrons. The van der Waals surface area contributed by atoms with E-state index in [4.69, 9.17) is 15.0 Å². The van der Waals surface area contributed by atoms with Gasteiger partial charge in [0.05, 0.1) is 0 Å². The Labute approximate surface area is 264 Å². The first kappa shape index (κ1) is 25.8. The summed E-state index contributed by atoms with van der Waals surface area (Å²) in [7, 11) is 0. The third kappa shape index (κ3) is 4.38. The van der Waals surface area contributed by atoms with E-state index in [-0.39, 0.29) is 0 Å².